The van der Waals surface area contributed by atoms with Crippen LogP contribution in [0.5, 0.6) is 0 Å². The molecule has 1 fully saturated rings. The van der Waals surface area contributed by atoms with Gasteiger partial charge in [-0.1, -0.05) is 20.3 Å². The van der Waals surface area contributed by atoms with Gasteiger partial charge in [-0.15, -0.1) is 5.10 Å². The summed E-state index contributed by atoms with van der Waals surface area (Å²) in [5.41, 5.74) is 0.179. The van der Waals surface area contributed by atoms with Crippen LogP contribution in [0.2, 0.25) is 0 Å². The third-order valence-electron chi connectivity index (χ3n) is 4.56. The minimum atomic E-state index is -0.187. The van der Waals surface area contributed by atoms with E-state index < -0.39 is 0 Å². The number of nitrogens with zero attached hydrogens (tertiary/aromatic N) is 3. The van der Waals surface area contributed by atoms with Crippen molar-refractivity contribution in [2.24, 2.45) is 5.41 Å². The van der Waals surface area contributed by atoms with Crippen LogP contribution >= 0.6 is 0 Å². The van der Waals surface area contributed by atoms with E-state index in [0.29, 0.717) is 5.95 Å². The molecule has 2 aliphatic rings. The molecule has 6 heteroatoms. The van der Waals surface area contributed by atoms with Crippen LogP contribution in [0, 0.1) is 5.41 Å². The summed E-state index contributed by atoms with van der Waals surface area (Å²) in [6.07, 6.45) is 6.63. The van der Waals surface area contributed by atoms with Gasteiger partial charge in [-0.2, -0.15) is 4.98 Å². The van der Waals surface area contributed by atoms with E-state index in [2.05, 4.69) is 34.6 Å². The molecule has 2 N–H and O–H groups in total. The molecule has 20 heavy (non-hydrogen) atoms. The van der Waals surface area contributed by atoms with Gasteiger partial charge in [-0.3, -0.25) is 5.32 Å². The molecule has 1 aromatic rings. The first kappa shape index (κ1) is 13.4. The fourth-order valence-corrected chi connectivity index (χ4v) is 3.23. The largest absolute Gasteiger partial charge is 0.335 e. The van der Waals surface area contributed by atoms with Gasteiger partial charge >= 0.3 is 6.03 Å². The first-order valence-electron chi connectivity index (χ1n) is 7.56. The Kier molecular flexibility index (Phi) is 3.40. The van der Waals surface area contributed by atoms with E-state index in [0.717, 1.165) is 44.5 Å². The lowest BCUT2D eigenvalue weighted by molar-refractivity contribution is 0.233. The monoisotopic (exact) mass is 277 g/mol. The number of urea groups is 1. The highest BCUT2D eigenvalue weighted by Gasteiger charge is 2.35. The highest BCUT2D eigenvalue weighted by molar-refractivity contribution is 5.87. The quantitative estimate of drug-likeness (QED) is 0.871. The van der Waals surface area contributed by atoms with E-state index in [9.17, 15) is 4.79 Å². The number of nitrogens with one attached hydrogen (secondary N) is 2. The highest BCUT2D eigenvalue weighted by Crippen LogP contribution is 2.37. The van der Waals surface area contributed by atoms with Gasteiger partial charge in [0.15, 0.2) is 0 Å². The van der Waals surface area contributed by atoms with Crippen molar-refractivity contribution in [1.29, 1.82) is 0 Å². The molecule has 3 rings (SSSR count). The van der Waals surface area contributed by atoms with E-state index in [1.54, 1.807) is 0 Å². The Hall–Kier alpha value is -1.59. The molecule has 0 spiro atoms. The average Bonchev–Trinajstić information content (AvgIpc) is 2.92. The Morgan fingerprint density at radius 1 is 1.35 bits per heavy atom. The van der Waals surface area contributed by atoms with Crippen molar-refractivity contribution in [3.8, 4) is 0 Å². The minimum absolute atomic E-state index is 0.179. The molecule has 2 amide bonds. The van der Waals surface area contributed by atoms with E-state index >= 15 is 0 Å². The van der Waals surface area contributed by atoms with E-state index in [4.69, 9.17) is 0 Å². The van der Waals surface area contributed by atoms with Crippen molar-refractivity contribution < 1.29 is 4.79 Å². The summed E-state index contributed by atoms with van der Waals surface area (Å²) in [5.74, 6) is 1.41. The lowest BCUT2D eigenvalue weighted by Gasteiger charge is -2.27. The fraction of sp³-hybridized carbons (Fsp3) is 0.786. The van der Waals surface area contributed by atoms with Crippen LogP contribution in [0.15, 0.2) is 0 Å². The van der Waals surface area contributed by atoms with Crippen molar-refractivity contribution in [3.05, 3.63) is 5.82 Å². The van der Waals surface area contributed by atoms with Crippen LogP contribution in [0.25, 0.3) is 0 Å². The zero-order chi connectivity index (χ0) is 14.2. The number of amides is 2. The number of anilines is 1. The Balaban J connectivity index is 1.60. The van der Waals surface area contributed by atoms with Crippen LogP contribution in [0.1, 0.15) is 51.8 Å². The van der Waals surface area contributed by atoms with Crippen LogP contribution in [-0.2, 0) is 13.0 Å². The summed E-state index contributed by atoms with van der Waals surface area (Å²) in [4.78, 5) is 16.4. The van der Waals surface area contributed by atoms with Crippen molar-refractivity contribution in [2.45, 2.75) is 65.0 Å². The first-order valence-corrected chi connectivity index (χ1v) is 7.56. The maximum absolute atomic E-state index is 12.1. The number of carbonyl (C=O) groups excluding carboxylic acids is 1. The van der Waals surface area contributed by atoms with E-state index in [1.165, 1.54) is 6.42 Å². The molecule has 1 aliphatic carbocycles. The van der Waals surface area contributed by atoms with Crippen LogP contribution in [0.3, 0.4) is 0 Å². The summed E-state index contributed by atoms with van der Waals surface area (Å²) < 4.78 is 1.90. The standard InChI is InChI=1S/C14H23N5O/c1-14(2)8-5-6-10(14)15-13(20)17-12-16-11-7-3-4-9-19(11)18-12/h10H,3-9H2,1-2H3,(H2,15,17,18,20). The lowest BCUT2D eigenvalue weighted by atomic mass is 9.87. The zero-order valence-corrected chi connectivity index (χ0v) is 12.3. The van der Waals surface area contributed by atoms with Crippen molar-refractivity contribution in [2.75, 3.05) is 5.32 Å². The normalized spacial score (nSPS) is 24.2. The summed E-state index contributed by atoms with van der Waals surface area (Å²) in [7, 11) is 0. The fourth-order valence-electron chi connectivity index (χ4n) is 3.23. The van der Waals surface area contributed by atoms with Gasteiger partial charge in [0.1, 0.15) is 5.82 Å². The molecule has 0 radical (unpaired) electrons. The number of hydrogen-bond donors (Lipinski definition) is 2. The summed E-state index contributed by atoms with van der Waals surface area (Å²) in [6, 6.07) is 0.0488. The van der Waals surface area contributed by atoms with Crippen molar-refractivity contribution in [3.63, 3.8) is 0 Å². The third kappa shape index (κ3) is 2.64. The molecule has 0 aromatic carbocycles. The predicted octanol–water partition coefficient (Wildman–Crippen LogP) is 2.31. The summed E-state index contributed by atoms with van der Waals surface area (Å²) in [6.45, 7) is 5.32. The molecule has 1 saturated carbocycles. The van der Waals surface area contributed by atoms with Gasteiger partial charge in [0.2, 0.25) is 5.95 Å². The molecular formula is C14H23N5O. The first-order chi connectivity index (χ1) is 9.54. The number of carbonyl (C=O) groups is 1. The summed E-state index contributed by atoms with van der Waals surface area (Å²) in [5, 5.41) is 10.2. The number of rotatable bonds is 2. The van der Waals surface area contributed by atoms with Crippen molar-refractivity contribution >= 4 is 12.0 Å². The summed E-state index contributed by atoms with van der Waals surface area (Å²) >= 11 is 0. The molecule has 0 saturated heterocycles. The highest BCUT2D eigenvalue weighted by atomic mass is 16.2. The maximum Gasteiger partial charge on any atom is 0.321 e. The molecule has 1 aromatic heterocycles. The van der Waals surface area contributed by atoms with Crippen LogP contribution in [-0.4, -0.2) is 26.8 Å². The maximum atomic E-state index is 12.1. The number of fused-ring (bicyclic) bond motifs is 1. The second kappa shape index (κ2) is 5.07. The van der Waals surface area contributed by atoms with Gasteiger partial charge in [0, 0.05) is 19.0 Å². The second-order valence-corrected chi connectivity index (χ2v) is 6.56. The molecule has 110 valence electrons. The van der Waals surface area contributed by atoms with Crippen molar-refractivity contribution in [1.82, 2.24) is 20.1 Å². The van der Waals surface area contributed by atoms with E-state index in [-0.39, 0.29) is 17.5 Å². The minimum Gasteiger partial charge on any atom is -0.335 e. The topological polar surface area (TPSA) is 71.8 Å². The zero-order valence-electron chi connectivity index (χ0n) is 12.3. The molecular weight excluding hydrogens is 254 g/mol. The second-order valence-electron chi connectivity index (χ2n) is 6.56. The number of aryl methyl sites for hydroxylation is 2. The SMILES string of the molecule is CC1(C)CCCC1NC(=O)Nc1nc2n(n1)CCCC2. The Bertz CT molecular complexity index is 484. The van der Waals surface area contributed by atoms with Gasteiger partial charge in [-0.25, -0.2) is 9.48 Å². The Morgan fingerprint density at radius 3 is 2.90 bits per heavy atom. The lowest BCUT2D eigenvalue weighted by Crippen LogP contribution is -2.43. The molecule has 2 heterocycles. The molecule has 1 unspecified atom stereocenters. The van der Waals surface area contributed by atoms with E-state index in [1.807, 2.05) is 4.68 Å². The van der Waals surface area contributed by atoms with Gasteiger partial charge in [0.25, 0.3) is 0 Å². The molecule has 6 nitrogen and oxygen atoms in total. The molecule has 1 atom stereocenters. The number of aromatic nitrogens is 3. The van der Waals surface area contributed by atoms with Crippen LogP contribution in [0.4, 0.5) is 10.7 Å². The van der Waals surface area contributed by atoms with Gasteiger partial charge in [-0.05, 0) is 31.1 Å². The molecule has 1 aliphatic heterocycles. The Labute approximate surface area is 119 Å². The van der Waals surface area contributed by atoms with Gasteiger partial charge < -0.3 is 5.32 Å². The average molecular weight is 277 g/mol. The third-order valence-corrected chi connectivity index (χ3v) is 4.56. The Morgan fingerprint density at radius 2 is 2.20 bits per heavy atom. The smallest absolute Gasteiger partial charge is 0.321 e. The molecule has 0 bridgehead atoms. The van der Waals surface area contributed by atoms with Gasteiger partial charge in [0.05, 0.1) is 0 Å². The predicted molar refractivity (Wildman–Crippen MR) is 76.5 cm³/mol. The van der Waals surface area contributed by atoms with Crippen LogP contribution < -0.4 is 10.6 Å². The number of hydrogen-bond acceptors (Lipinski definition) is 3.